The van der Waals surface area contributed by atoms with Gasteiger partial charge in [0.05, 0.1) is 5.33 Å². The molecule has 0 aliphatic heterocycles. The van der Waals surface area contributed by atoms with Crippen molar-refractivity contribution in [3.63, 3.8) is 0 Å². The molecule has 0 bridgehead atoms. The molecule has 86 valence electrons. The van der Waals surface area contributed by atoms with Gasteiger partial charge in [0.2, 0.25) is 0 Å². The predicted octanol–water partition coefficient (Wildman–Crippen LogP) is 3.83. The number of halogens is 1. The van der Waals surface area contributed by atoms with Gasteiger partial charge >= 0.3 is 0 Å². The SMILES string of the molecule is BrCC#Cc1cccc(C#Cc2ccccc2)c1. The Hall–Kier alpha value is -1.96. The smallest absolute Gasteiger partial charge is 0.0649 e. The summed E-state index contributed by atoms with van der Waals surface area (Å²) in [5, 5.41) is 0.687. The molecule has 1 heteroatoms. The minimum absolute atomic E-state index is 0.687. The first kappa shape index (κ1) is 12.5. The molecule has 0 N–H and O–H groups in total. The summed E-state index contributed by atoms with van der Waals surface area (Å²) in [4.78, 5) is 0. The fraction of sp³-hybridized carbons (Fsp3) is 0.0588. The second-order valence-corrected chi connectivity index (χ2v) is 4.19. The zero-order valence-electron chi connectivity index (χ0n) is 9.78. The highest BCUT2D eigenvalue weighted by Crippen LogP contribution is 2.03. The summed E-state index contributed by atoms with van der Waals surface area (Å²) >= 11 is 3.29. The molecule has 0 unspecified atom stereocenters. The van der Waals surface area contributed by atoms with Gasteiger partial charge in [0.15, 0.2) is 0 Å². The Bertz CT molecular complexity index is 634. The summed E-state index contributed by atoms with van der Waals surface area (Å²) in [6, 6.07) is 17.9. The largest absolute Gasteiger partial charge is 0.0863 e. The summed E-state index contributed by atoms with van der Waals surface area (Å²) in [7, 11) is 0. The van der Waals surface area contributed by atoms with Crippen LogP contribution in [0.15, 0.2) is 54.6 Å². The van der Waals surface area contributed by atoms with Crippen molar-refractivity contribution in [2.24, 2.45) is 0 Å². The third-order valence-corrected chi connectivity index (χ3v) is 2.57. The molecule has 0 spiro atoms. The Labute approximate surface area is 116 Å². The van der Waals surface area contributed by atoms with E-state index in [1.807, 2.05) is 54.6 Å². The van der Waals surface area contributed by atoms with E-state index in [0.717, 1.165) is 16.7 Å². The van der Waals surface area contributed by atoms with Crippen LogP contribution in [-0.2, 0) is 0 Å². The highest BCUT2D eigenvalue weighted by atomic mass is 79.9. The minimum Gasteiger partial charge on any atom is -0.0863 e. The van der Waals surface area contributed by atoms with E-state index < -0.39 is 0 Å². The van der Waals surface area contributed by atoms with Crippen LogP contribution in [0.5, 0.6) is 0 Å². The molecule has 0 aliphatic carbocycles. The van der Waals surface area contributed by atoms with E-state index in [-0.39, 0.29) is 0 Å². The summed E-state index contributed by atoms with van der Waals surface area (Å²) in [5.74, 6) is 12.3. The van der Waals surface area contributed by atoms with Crippen molar-refractivity contribution >= 4 is 15.9 Å². The molecule has 0 saturated heterocycles. The second kappa shape index (κ2) is 6.70. The molecular formula is C17H11Br. The lowest BCUT2D eigenvalue weighted by molar-refractivity contribution is 1.59. The number of benzene rings is 2. The molecule has 2 rings (SSSR count). The average molecular weight is 295 g/mol. The minimum atomic E-state index is 0.687. The molecule has 18 heavy (non-hydrogen) atoms. The molecule has 0 nitrogen and oxygen atoms in total. The van der Waals surface area contributed by atoms with Crippen LogP contribution < -0.4 is 0 Å². The molecule has 0 saturated carbocycles. The van der Waals surface area contributed by atoms with Crippen LogP contribution in [0.3, 0.4) is 0 Å². The average Bonchev–Trinajstić information content (AvgIpc) is 2.44. The number of hydrogen-bond donors (Lipinski definition) is 0. The fourth-order valence-electron chi connectivity index (χ4n) is 1.48. The first-order chi connectivity index (χ1) is 8.88. The van der Waals surface area contributed by atoms with Gasteiger partial charge in [-0.05, 0) is 30.3 Å². The normalized spacial score (nSPS) is 8.72. The molecule has 0 aliphatic rings. The van der Waals surface area contributed by atoms with Crippen molar-refractivity contribution in [1.82, 2.24) is 0 Å². The maximum atomic E-state index is 3.29. The van der Waals surface area contributed by atoms with Crippen LogP contribution in [0, 0.1) is 23.7 Å². The van der Waals surface area contributed by atoms with E-state index in [0.29, 0.717) is 5.33 Å². The van der Waals surface area contributed by atoms with E-state index in [4.69, 9.17) is 0 Å². The van der Waals surface area contributed by atoms with Crippen molar-refractivity contribution in [2.45, 2.75) is 0 Å². The molecule has 0 aromatic heterocycles. The lowest BCUT2D eigenvalue weighted by Crippen LogP contribution is -1.79. The van der Waals surface area contributed by atoms with Crippen LogP contribution in [-0.4, -0.2) is 5.33 Å². The molecule has 2 aromatic rings. The lowest BCUT2D eigenvalue weighted by atomic mass is 10.1. The quantitative estimate of drug-likeness (QED) is 0.512. The molecule has 0 atom stereocenters. The van der Waals surface area contributed by atoms with E-state index in [2.05, 4.69) is 39.6 Å². The van der Waals surface area contributed by atoms with Crippen LogP contribution in [0.2, 0.25) is 0 Å². The molecule has 0 fully saturated rings. The summed E-state index contributed by atoms with van der Waals surface area (Å²) < 4.78 is 0. The van der Waals surface area contributed by atoms with Crippen molar-refractivity contribution < 1.29 is 0 Å². The highest BCUT2D eigenvalue weighted by Gasteiger charge is 1.89. The maximum absolute atomic E-state index is 3.29. The Morgan fingerprint density at radius 3 is 2.06 bits per heavy atom. The van der Waals surface area contributed by atoms with E-state index >= 15 is 0 Å². The zero-order valence-corrected chi connectivity index (χ0v) is 11.4. The highest BCUT2D eigenvalue weighted by molar-refractivity contribution is 9.09. The lowest BCUT2D eigenvalue weighted by Gasteiger charge is -1.92. The Morgan fingerprint density at radius 2 is 1.33 bits per heavy atom. The molecular weight excluding hydrogens is 284 g/mol. The fourth-order valence-corrected chi connectivity index (χ4v) is 1.62. The van der Waals surface area contributed by atoms with E-state index in [9.17, 15) is 0 Å². The predicted molar refractivity (Wildman–Crippen MR) is 79.5 cm³/mol. The first-order valence-electron chi connectivity index (χ1n) is 5.60. The second-order valence-electron chi connectivity index (χ2n) is 3.63. The van der Waals surface area contributed by atoms with Gasteiger partial charge < -0.3 is 0 Å². The van der Waals surface area contributed by atoms with Gasteiger partial charge in [-0.15, -0.1) is 0 Å². The zero-order chi connectivity index (χ0) is 12.6. The van der Waals surface area contributed by atoms with Crippen LogP contribution in [0.25, 0.3) is 0 Å². The van der Waals surface area contributed by atoms with Gasteiger partial charge in [-0.1, -0.05) is 63.9 Å². The maximum Gasteiger partial charge on any atom is 0.0649 e. The van der Waals surface area contributed by atoms with E-state index in [1.165, 1.54) is 0 Å². The van der Waals surface area contributed by atoms with Crippen molar-refractivity contribution in [3.8, 4) is 23.7 Å². The monoisotopic (exact) mass is 294 g/mol. The summed E-state index contributed by atoms with van der Waals surface area (Å²) in [6.07, 6.45) is 0. The summed E-state index contributed by atoms with van der Waals surface area (Å²) in [6.45, 7) is 0. The molecule has 0 radical (unpaired) electrons. The van der Waals surface area contributed by atoms with Gasteiger partial charge in [0.25, 0.3) is 0 Å². The van der Waals surface area contributed by atoms with Gasteiger partial charge in [-0.3, -0.25) is 0 Å². The van der Waals surface area contributed by atoms with Gasteiger partial charge in [-0.2, -0.15) is 0 Å². The molecule has 2 aromatic carbocycles. The topological polar surface area (TPSA) is 0 Å². The number of rotatable bonds is 0. The Morgan fingerprint density at radius 1 is 0.722 bits per heavy atom. The Kier molecular flexibility index (Phi) is 4.65. The third-order valence-electron chi connectivity index (χ3n) is 2.29. The van der Waals surface area contributed by atoms with Gasteiger partial charge in [0, 0.05) is 16.7 Å². The Balaban J connectivity index is 2.23. The van der Waals surface area contributed by atoms with Crippen LogP contribution in [0.4, 0.5) is 0 Å². The standard InChI is InChI=1S/C17H11Br/c18-13-5-10-16-8-4-9-17(14-16)12-11-15-6-2-1-3-7-15/h1-4,6-9,14H,13H2. The molecule has 0 amide bonds. The number of alkyl halides is 1. The number of hydrogen-bond acceptors (Lipinski definition) is 0. The summed E-state index contributed by atoms with van der Waals surface area (Å²) in [5.41, 5.74) is 3.00. The van der Waals surface area contributed by atoms with Gasteiger partial charge in [-0.25, -0.2) is 0 Å². The van der Waals surface area contributed by atoms with E-state index in [1.54, 1.807) is 0 Å². The van der Waals surface area contributed by atoms with Crippen molar-refractivity contribution in [2.75, 3.05) is 5.33 Å². The van der Waals surface area contributed by atoms with Crippen molar-refractivity contribution in [3.05, 3.63) is 71.3 Å². The third kappa shape index (κ3) is 3.81. The van der Waals surface area contributed by atoms with Crippen LogP contribution in [0.1, 0.15) is 16.7 Å². The van der Waals surface area contributed by atoms with Crippen molar-refractivity contribution in [1.29, 1.82) is 0 Å². The first-order valence-corrected chi connectivity index (χ1v) is 6.72. The van der Waals surface area contributed by atoms with Gasteiger partial charge in [0.1, 0.15) is 0 Å². The van der Waals surface area contributed by atoms with Crippen LogP contribution >= 0.6 is 15.9 Å². The molecule has 0 heterocycles.